The van der Waals surface area contributed by atoms with Gasteiger partial charge in [-0.05, 0) is 31.4 Å². The lowest BCUT2D eigenvalue weighted by atomic mass is 10.1. The third-order valence-electron chi connectivity index (χ3n) is 3.47. The van der Waals surface area contributed by atoms with Crippen molar-refractivity contribution in [3.05, 3.63) is 30.0 Å². The third kappa shape index (κ3) is 2.36. The summed E-state index contributed by atoms with van der Waals surface area (Å²) in [6, 6.07) is 6.19. The molecule has 1 aromatic heterocycles. The lowest BCUT2D eigenvalue weighted by Crippen LogP contribution is -2.18. The van der Waals surface area contributed by atoms with E-state index < -0.39 is 0 Å². The van der Waals surface area contributed by atoms with Crippen LogP contribution in [0.4, 0.5) is 0 Å². The van der Waals surface area contributed by atoms with Gasteiger partial charge in [0.05, 0.1) is 11.7 Å². The number of rotatable bonds is 1. The van der Waals surface area contributed by atoms with Gasteiger partial charge in [-0.1, -0.05) is 24.8 Å². The van der Waals surface area contributed by atoms with Crippen molar-refractivity contribution in [2.24, 2.45) is 0 Å². The second-order valence-corrected chi connectivity index (χ2v) is 4.80. The predicted octanol–water partition coefficient (Wildman–Crippen LogP) is 3.50. The van der Waals surface area contributed by atoms with Crippen molar-refractivity contribution in [2.45, 2.75) is 38.8 Å². The number of hydrogen-bond acceptors (Lipinski definition) is 2. The molecule has 0 N–H and O–H groups in total. The van der Waals surface area contributed by atoms with Gasteiger partial charge in [0, 0.05) is 24.0 Å². The number of benzene rings is 1. The summed E-state index contributed by atoms with van der Waals surface area (Å²) in [4.78, 5) is 0. The van der Waals surface area contributed by atoms with Gasteiger partial charge in [-0.3, -0.25) is 0 Å². The molecule has 1 aromatic carbocycles. The molecule has 0 spiro atoms. The molecular weight excluding hydrogens is 236 g/mol. The molecule has 2 heterocycles. The van der Waals surface area contributed by atoms with Gasteiger partial charge < -0.3 is 4.74 Å². The third-order valence-corrected chi connectivity index (χ3v) is 3.47. The van der Waals surface area contributed by atoms with E-state index in [0.717, 1.165) is 42.3 Å². The van der Waals surface area contributed by atoms with E-state index in [4.69, 9.17) is 4.74 Å². The molecule has 1 unspecified atom stereocenters. The first-order chi connectivity index (χ1) is 9.40. The van der Waals surface area contributed by atoms with Gasteiger partial charge in [0.15, 0.2) is 6.23 Å². The molecule has 0 amide bonds. The summed E-state index contributed by atoms with van der Waals surface area (Å²) in [5.74, 6) is 6.34. The summed E-state index contributed by atoms with van der Waals surface area (Å²) in [5.41, 5.74) is 2.18. The molecular formula is C16H18N2O. The molecule has 0 bridgehead atoms. The van der Waals surface area contributed by atoms with Crippen molar-refractivity contribution >= 4 is 10.9 Å². The van der Waals surface area contributed by atoms with Gasteiger partial charge >= 0.3 is 0 Å². The Morgan fingerprint density at radius 2 is 2.37 bits per heavy atom. The summed E-state index contributed by atoms with van der Waals surface area (Å²) in [5, 5.41) is 5.63. The fraction of sp³-hybridized carbons (Fsp3) is 0.438. The highest BCUT2D eigenvalue weighted by Crippen LogP contribution is 2.27. The number of hydrogen-bond donors (Lipinski definition) is 0. The molecule has 1 saturated heterocycles. The first-order valence-electron chi connectivity index (χ1n) is 6.97. The zero-order valence-corrected chi connectivity index (χ0v) is 11.2. The average molecular weight is 254 g/mol. The number of ether oxygens (including phenoxy) is 1. The van der Waals surface area contributed by atoms with E-state index >= 15 is 0 Å². The molecule has 1 aliphatic heterocycles. The molecule has 0 aliphatic carbocycles. The number of aromatic nitrogens is 2. The van der Waals surface area contributed by atoms with Gasteiger partial charge in [0.1, 0.15) is 0 Å². The van der Waals surface area contributed by atoms with Crippen LogP contribution in [0.2, 0.25) is 0 Å². The van der Waals surface area contributed by atoms with Crippen LogP contribution in [0.5, 0.6) is 0 Å². The molecule has 1 aliphatic rings. The zero-order chi connectivity index (χ0) is 13.1. The second kappa shape index (κ2) is 5.46. The van der Waals surface area contributed by atoms with E-state index in [2.05, 4.69) is 36.0 Å². The highest BCUT2D eigenvalue weighted by Gasteiger charge is 2.18. The predicted molar refractivity (Wildman–Crippen MR) is 75.7 cm³/mol. The molecule has 98 valence electrons. The van der Waals surface area contributed by atoms with Gasteiger partial charge in [0.2, 0.25) is 0 Å². The van der Waals surface area contributed by atoms with Crippen LogP contribution in [0.1, 0.15) is 44.4 Å². The molecule has 19 heavy (non-hydrogen) atoms. The summed E-state index contributed by atoms with van der Waals surface area (Å²) in [7, 11) is 0. The largest absolute Gasteiger partial charge is 0.356 e. The Labute approximate surface area is 113 Å². The first kappa shape index (κ1) is 12.3. The van der Waals surface area contributed by atoms with Crippen LogP contribution in [-0.4, -0.2) is 16.4 Å². The van der Waals surface area contributed by atoms with E-state index in [1.807, 2.05) is 16.9 Å². The quantitative estimate of drug-likeness (QED) is 0.728. The first-order valence-corrected chi connectivity index (χ1v) is 6.97. The zero-order valence-electron chi connectivity index (χ0n) is 11.2. The minimum absolute atomic E-state index is 0.0839. The van der Waals surface area contributed by atoms with Crippen molar-refractivity contribution < 1.29 is 4.74 Å². The summed E-state index contributed by atoms with van der Waals surface area (Å²) >= 11 is 0. The second-order valence-electron chi connectivity index (χ2n) is 4.80. The molecule has 3 rings (SSSR count). The topological polar surface area (TPSA) is 27.1 Å². The van der Waals surface area contributed by atoms with Gasteiger partial charge in [-0.25, -0.2) is 4.68 Å². The van der Waals surface area contributed by atoms with Crippen molar-refractivity contribution in [1.82, 2.24) is 9.78 Å². The Morgan fingerprint density at radius 1 is 1.42 bits per heavy atom. The average Bonchev–Trinajstić information content (AvgIpc) is 2.90. The van der Waals surface area contributed by atoms with Gasteiger partial charge in [-0.15, -0.1) is 0 Å². The van der Waals surface area contributed by atoms with Gasteiger partial charge in [0.25, 0.3) is 0 Å². The van der Waals surface area contributed by atoms with Crippen molar-refractivity contribution in [3.63, 3.8) is 0 Å². The maximum absolute atomic E-state index is 5.82. The van der Waals surface area contributed by atoms with Crippen LogP contribution in [0.15, 0.2) is 24.4 Å². The number of fused-ring (bicyclic) bond motifs is 1. The smallest absolute Gasteiger partial charge is 0.150 e. The summed E-state index contributed by atoms with van der Waals surface area (Å²) in [6.45, 7) is 2.90. The van der Waals surface area contributed by atoms with Crippen molar-refractivity contribution in [1.29, 1.82) is 0 Å². The standard InChI is InChI=1S/C16H18N2O/c1-2-3-7-13-8-6-9-15-14(13)12-17-18(15)16-10-4-5-11-19-16/h6,8-9,12,16H,2,4-5,10-11H2,1H3. The maximum atomic E-state index is 5.82. The van der Waals surface area contributed by atoms with Crippen LogP contribution in [0, 0.1) is 11.8 Å². The normalized spacial score (nSPS) is 19.1. The summed E-state index contributed by atoms with van der Waals surface area (Å²) < 4.78 is 7.82. The number of nitrogens with zero attached hydrogens (tertiary/aromatic N) is 2. The van der Waals surface area contributed by atoms with E-state index in [1.165, 1.54) is 6.42 Å². The van der Waals surface area contributed by atoms with Crippen LogP contribution in [-0.2, 0) is 4.74 Å². The lowest BCUT2D eigenvalue weighted by molar-refractivity contribution is -0.0366. The van der Waals surface area contributed by atoms with E-state index in [1.54, 1.807) is 0 Å². The highest BCUT2D eigenvalue weighted by molar-refractivity contribution is 5.85. The van der Waals surface area contributed by atoms with Crippen LogP contribution in [0.25, 0.3) is 10.9 Å². The molecule has 0 radical (unpaired) electrons. The van der Waals surface area contributed by atoms with Crippen molar-refractivity contribution in [2.75, 3.05) is 6.61 Å². The molecule has 3 nitrogen and oxygen atoms in total. The Bertz CT molecular complexity index is 627. The van der Waals surface area contributed by atoms with Crippen LogP contribution >= 0.6 is 0 Å². The van der Waals surface area contributed by atoms with E-state index in [-0.39, 0.29) is 6.23 Å². The minimum Gasteiger partial charge on any atom is -0.356 e. The summed E-state index contributed by atoms with van der Waals surface area (Å²) in [6.07, 6.45) is 6.27. The van der Waals surface area contributed by atoms with E-state index in [9.17, 15) is 0 Å². The highest BCUT2D eigenvalue weighted by atomic mass is 16.5. The Morgan fingerprint density at radius 3 is 3.16 bits per heavy atom. The minimum atomic E-state index is 0.0839. The molecule has 1 atom stereocenters. The molecule has 2 aromatic rings. The Balaban J connectivity index is 2.03. The maximum Gasteiger partial charge on any atom is 0.150 e. The molecule has 0 saturated carbocycles. The fourth-order valence-electron chi connectivity index (χ4n) is 2.51. The van der Waals surface area contributed by atoms with Gasteiger partial charge in [-0.2, -0.15) is 5.10 Å². The fourth-order valence-corrected chi connectivity index (χ4v) is 2.51. The van der Waals surface area contributed by atoms with E-state index in [0.29, 0.717) is 0 Å². The molecule has 1 fully saturated rings. The molecule has 3 heteroatoms. The van der Waals surface area contributed by atoms with Crippen LogP contribution in [0.3, 0.4) is 0 Å². The monoisotopic (exact) mass is 254 g/mol. The van der Waals surface area contributed by atoms with Crippen molar-refractivity contribution in [3.8, 4) is 11.8 Å². The Hall–Kier alpha value is -1.79. The lowest BCUT2D eigenvalue weighted by Gasteiger charge is -2.23. The SMILES string of the molecule is CCC#Cc1cccc2c1cnn2C1CCCCO1. The Kier molecular flexibility index (Phi) is 3.52. The van der Waals surface area contributed by atoms with Crippen LogP contribution < -0.4 is 0 Å².